The van der Waals surface area contributed by atoms with Gasteiger partial charge in [0.1, 0.15) is 18.9 Å². The summed E-state index contributed by atoms with van der Waals surface area (Å²) in [5.74, 6) is 0.124. The van der Waals surface area contributed by atoms with Gasteiger partial charge in [-0.15, -0.1) is 0 Å². The van der Waals surface area contributed by atoms with Gasteiger partial charge in [0.05, 0.1) is 5.69 Å². The molecule has 5 rings (SSSR count). The van der Waals surface area contributed by atoms with E-state index in [4.69, 9.17) is 0 Å². The van der Waals surface area contributed by atoms with E-state index in [9.17, 15) is 18.8 Å². The van der Waals surface area contributed by atoms with Crippen LogP contribution in [-0.4, -0.2) is 108 Å². The Morgan fingerprint density at radius 1 is 0.972 bits per heavy atom. The Balaban J connectivity index is 1.39. The smallest absolute Gasteiger partial charge is 0.333 e. The van der Waals surface area contributed by atoms with Gasteiger partial charge in [-0.05, 0) is 17.1 Å². The Bertz CT molecular complexity index is 1270. The number of aliphatic imine (C=N–C) groups is 1. The molecule has 10 heteroatoms. The Morgan fingerprint density at radius 2 is 1.64 bits per heavy atom. The third-order valence-corrected chi connectivity index (χ3v) is 6.95. The summed E-state index contributed by atoms with van der Waals surface area (Å²) in [5.41, 5.74) is 1.13. The van der Waals surface area contributed by atoms with Crippen molar-refractivity contribution in [2.45, 2.75) is 6.04 Å². The summed E-state index contributed by atoms with van der Waals surface area (Å²) in [7, 11) is 3.03. The number of halogens is 1. The SMILES string of the molecule is CN1C(=O)C2C(=NC(CN3CCN(c4ccccc4F)CC3)=[N+]2CC(=O)c2ccccc2)N(C)C1=O. The summed E-state index contributed by atoms with van der Waals surface area (Å²) in [6.45, 7) is 2.97. The average Bonchev–Trinajstić information content (AvgIpc) is 3.25. The fraction of sp³-hybridized carbons (Fsp3) is 0.346. The predicted molar refractivity (Wildman–Crippen MR) is 133 cm³/mol. The van der Waals surface area contributed by atoms with Crippen LogP contribution in [0.3, 0.4) is 0 Å². The number of imide groups is 1. The fourth-order valence-corrected chi connectivity index (χ4v) is 4.88. The lowest BCUT2D eigenvalue weighted by Gasteiger charge is -2.35. The molecule has 1 unspecified atom stereocenters. The topological polar surface area (TPSA) is 79.5 Å². The first-order chi connectivity index (χ1) is 17.3. The lowest BCUT2D eigenvalue weighted by molar-refractivity contribution is -0.523. The molecule has 3 aliphatic heterocycles. The van der Waals surface area contributed by atoms with E-state index >= 15 is 0 Å². The van der Waals surface area contributed by atoms with Gasteiger partial charge in [0, 0.05) is 45.8 Å². The van der Waals surface area contributed by atoms with Gasteiger partial charge in [-0.1, -0.05) is 42.5 Å². The molecule has 186 valence electrons. The van der Waals surface area contributed by atoms with Crippen LogP contribution < -0.4 is 4.90 Å². The molecule has 3 heterocycles. The number of carbonyl (C=O) groups is 3. The molecular formula is C26H28FN6O3+. The van der Waals surface area contributed by atoms with Crippen LogP contribution in [0.25, 0.3) is 0 Å². The van der Waals surface area contributed by atoms with E-state index in [1.807, 2.05) is 17.0 Å². The number of benzene rings is 2. The number of para-hydroxylation sites is 1. The lowest BCUT2D eigenvalue weighted by Crippen LogP contribution is -2.62. The molecule has 2 fully saturated rings. The molecule has 9 nitrogen and oxygen atoms in total. The third kappa shape index (κ3) is 4.28. The van der Waals surface area contributed by atoms with E-state index in [0.717, 1.165) is 4.90 Å². The molecular weight excluding hydrogens is 463 g/mol. The molecule has 0 spiro atoms. The number of fused-ring (bicyclic) bond motifs is 1. The van der Waals surface area contributed by atoms with Crippen molar-refractivity contribution in [3.63, 3.8) is 0 Å². The van der Waals surface area contributed by atoms with Crippen molar-refractivity contribution in [3.05, 3.63) is 66.0 Å². The second-order valence-corrected chi connectivity index (χ2v) is 9.16. The number of hydrogen-bond acceptors (Lipinski definition) is 6. The van der Waals surface area contributed by atoms with E-state index in [0.29, 0.717) is 55.6 Å². The van der Waals surface area contributed by atoms with E-state index in [-0.39, 0.29) is 18.1 Å². The maximum Gasteiger partial charge on any atom is 0.333 e. The number of urea groups is 1. The third-order valence-electron chi connectivity index (χ3n) is 6.95. The summed E-state index contributed by atoms with van der Waals surface area (Å²) in [6, 6.07) is 14.4. The average molecular weight is 492 g/mol. The van der Waals surface area contributed by atoms with Crippen LogP contribution in [-0.2, 0) is 4.79 Å². The zero-order valence-corrected chi connectivity index (χ0v) is 20.3. The normalized spacial score (nSPS) is 20.7. The zero-order valence-electron chi connectivity index (χ0n) is 20.3. The minimum atomic E-state index is -0.833. The first-order valence-electron chi connectivity index (χ1n) is 11.9. The van der Waals surface area contributed by atoms with Gasteiger partial charge >= 0.3 is 11.9 Å². The fourth-order valence-electron chi connectivity index (χ4n) is 4.88. The molecule has 0 N–H and O–H groups in total. The molecule has 2 aromatic carbocycles. The van der Waals surface area contributed by atoms with Gasteiger partial charge in [-0.25, -0.2) is 13.8 Å². The standard InChI is InChI=1S/C26H28FN6O3/c1-29-24-23(25(35)30(2)26(29)36)33(16-21(34)18-8-4-3-5-9-18)22(28-24)17-31-12-14-32(15-13-31)20-11-7-6-10-19(20)27/h3-11,23H,12-17H2,1-2H3/q+1. The van der Waals surface area contributed by atoms with Gasteiger partial charge in [0.15, 0.2) is 0 Å². The van der Waals surface area contributed by atoms with E-state index in [1.165, 1.54) is 18.0 Å². The highest BCUT2D eigenvalue weighted by Gasteiger charge is 2.53. The second-order valence-electron chi connectivity index (χ2n) is 9.16. The maximum absolute atomic E-state index is 14.2. The van der Waals surface area contributed by atoms with Crippen molar-refractivity contribution in [1.29, 1.82) is 0 Å². The number of amidine groups is 2. The van der Waals surface area contributed by atoms with Crippen LogP contribution in [0.5, 0.6) is 0 Å². The van der Waals surface area contributed by atoms with Gasteiger partial charge < -0.3 is 4.90 Å². The molecule has 0 saturated carbocycles. The molecule has 1 atom stereocenters. The van der Waals surface area contributed by atoms with Crippen LogP contribution in [0.1, 0.15) is 10.4 Å². The van der Waals surface area contributed by atoms with E-state index < -0.39 is 18.0 Å². The molecule has 3 aliphatic rings. The molecule has 0 aromatic heterocycles. The maximum atomic E-state index is 14.2. The van der Waals surface area contributed by atoms with Gasteiger partial charge in [-0.2, -0.15) is 0 Å². The summed E-state index contributed by atoms with van der Waals surface area (Å²) >= 11 is 0. The number of hydrogen-bond donors (Lipinski definition) is 0. The van der Waals surface area contributed by atoms with Crippen LogP contribution >= 0.6 is 0 Å². The lowest BCUT2D eigenvalue weighted by atomic mass is 10.1. The molecule has 36 heavy (non-hydrogen) atoms. The van der Waals surface area contributed by atoms with Gasteiger partial charge in [0.25, 0.3) is 17.8 Å². The molecule has 0 bridgehead atoms. The Kier molecular flexibility index (Phi) is 6.36. The number of likely N-dealkylation sites (N-methyl/N-ethyl adjacent to an activating group) is 2. The number of rotatable bonds is 6. The van der Waals surface area contributed by atoms with Crippen LogP contribution in [0.15, 0.2) is 59.6 Å². The first-order valence-corrected chi connectivity index (χ1v) is 11.9. The number of carbonyl (C=O) groups excluding carboxylic acids is 3. The highest BCUT2D eigenvalue weighted by Crippen LogP contribution is 2.22. The highest BCUT2D eigenvalue weighted by atomic mass is 19.1. The minimum Gasteiger partial charge on any atom is -0.367 e. The first kappa shape index (κ1) is 23.8. The number of amides is 3. The summed E-state index contributed by atoms with van der Waals surface area (Å²) in [4.78, 5) is 50.1. The predicted octanol–water partition coefficient (Wildman–Crippen LogP) is 1.55. The Labute approximate surface area is 208 Å². The Morgan fingerprint density at radius 3 is 2.33 bits per heavy atom. The number of piperazine rings is 1. The van der Waals surface area contributed by atoms with Crippen molar-refractivity contribution < 1.29 is 23.3 Å². The minimum absolute atomic E-state index is 0.0339. The number of Topliss-reactive ketones (excluding diaryl/α,β-unsaturated/α-hetero) is 1. The van der Waals surface area contributed by atoms with Crippen LogP contribution in [0.2, 0.25) is 0 Å². The number of anilines is 1. The second kappa shape index (κ2) is 9.62. The molecule has 0 radical (unpaired) electrons. The molecule has 3 amide bonds. The Hall–Kier alpha value is -3.92. The van der Waals surface area contributed by atoms with Gasteiger partial charge in [0.2, 0.25) is 5.78 Å². The van der Waals surface area contributed by atoms with Crippen molar-refractivity contribution in [1.82, 2.24) is 14.7 Å². The molecule has 0 aliphatic carbocycles. The monoisotopic (exact) mass is 491 g/mol. The summed E-state index contributed by atoms with van der Waals surface area (Å²) < 4.78 is 16.0. The number of ketones is 1. The van der Waals surface area contributed by atoms with Crippen molar-refractivity contribution in [2.75, 3.05) is 58.3 Å². The van der Waals surface area contributed by atoms with Crippen molar-refractivity contribution >= 4 is 35.1 Å². The van der Waals surface area contributed by atoms with Crippen molar-refractivity contribution in [2.24, 2.45) is 4.99 Å². The van der Waals surface area contributed by atoms with Crippen LogP contribution in [0, 0.1) is 5.82 Å². The molecule has 2 aromatic rings. The van der Waals surface area contributed by atoms with Crippen LogP contribution in [0.4, 0.5) is 14.9 Å². The van der Waals surface area contributed by atoms with Gasteiger partial charge in [-0.3, -0.25) is 24.3 Å². The molecule has 2 saturated heterocycles. The summed E-state index contributed by atoms with van der Waals surface area (Å²) in [6.07, 6.45) is 0. The zero-order chi connectivity index (χ0) is 25.4. The van der Waals surface area contributed by atoms with E-state index in [2.05, 4.69) is 9.89 Å². The van der Waals surface area contributed by atoms with E-state index in [1.54, 1.807) is 48.0 Å². The summed E-state index contributed by atoms with van der Waals surface area (Å²) in [5, 5.41) is 0. The quantitative estimate of drug-likeness (QED) is 0.453. The number of nitrogens with zero attached hydrogens (tertiary/aromatic N) is 6. The van der Waals surface area contributed by atoms with Crippen molar-refractivity contribution in [3.8, 4) is 0 Å². The largest absolute Gasteiger partial charge is 0.367 e. The highest BCUT2D eigenvalue weighted by molar-refractivity contribution is 6.23.